The summed E-state index contributed by atoms with van der Waals surface area (Å²) in [5, 5.41) is 0. The number of hydrogen-bond acceptors (Lipinski definition) is 4. The molecule has 68 valence electrons. The Morgan fingerprint density at radius 1 is 1.67 bits per heavy atom. The van der Waals surface area contributed by atoms with E-state index in [4.69, 9.17) is 4.74 Å². The number of rotatable bonds is 1. The average molecular weight is 173 g/mol. The highest BCUT2D eigenvalue weighted by Gasteiger charge is 2.29. The Labute approximate surface area is 70.2 Å². The first-order valence-electron chi connectivity index (χ1n) is 3.62. The summed E-state index contributed by atoms with van der Waals surface area (Å²) in [7, 11) is 2.91. The van der Waals surface area contributed by atoms with Crippen molar-refractivity contribution in [2.75, 3.05) is 20.7 Å². The molecule has 0 spiro atoms. The highest BCUT2D eigenvalue weighted by molar-refractivity contribution is 5.79. The average Bonchev–Trinajstić information content (AvgIpc) is 2.31. The lowest BCUT2D eigenvalue weighted by Crippen LogP contribution is -2.23. The second-order valence-corrected chi connectivity index (χ2v) is 2.67. The van der Waals surface area contributed by atoms with Crippen LogP contribution in [0, 0.1) is 0 Å². The molecule has 0 radical (unpaired) electrons. The number of methoxy groups -OCH3 is 1. The van der Waals surface area contributed by atoms with E-state index in [1.807, 2.05) is 0 Å². The van der Waals surface area contributed by atoms with Gasteiger partial charge >= 0.3 is 6.16 Å². The monoisotopic (exact) mass is 173 g/mol. The fraction of sp³-hybridized carbons (Fsp3) is 0.714. The van der Waals surface area contributed by atoms with Crippen LogP contribution in [0.15, 0.2) is 0 Å². The predicted molar refractivity (Wildman–Crippen MR) is 39.5 cm³/mol. The van der Waals surface area contributed by atoms with Crippen LogP contribution in [0.4, 0.5) is 4.79 Å². The Morgan fingerprint density at radius 2 is 2.33 bits per heavy atom. The molecule has 0 aromatic rings. The summed E-state index contributed by atoms with van der Waals surface area (Å²) in [4.78, 5) is 23.1. The van der Waals surface area contributed by atoms with Crippen LogP contribution in [0.1, 0.15) is 6.42 Å². The van der Waals surface area contributed by atoms with E-state index in [-0.39, 0.29) is 18.4 Å². The number of ether oxygens (including phenoxy) is 2. The standard InChI is InChI=1S/C7H11NO4/c1-8-4-5(3-6(8)9)12-7(10)11-2/h5H,3-4H2,1-2H3. The van der Waals surface area contributed by atoms with Crippen molar-refractivity contribution in [3.05, 3.63) is 0 Å². The largest absolute Gasteiger partial charge is 0.508 e. The van der Waals surface area contributed by atoms with E-state index in [0.717, 1.165) is 0 Å². The lowest BCUT2D eigenvalue weighted by molar-refractivity contribution is -0.126. The van der Waals surface area contributed by atoms with E-state index in [9.17, 15) is 9.59 Å². The van der Waals surface area contributed by atoms with Gasteiger partial charge in [0.15, 0.2) is 0 Å². The molecule has 0 aliphatic carbocycles. The third kappa shape index (κ3) is 1.87. The van der Waals surface area contributed by atoms with Gasteiger partial charge in [-0.05, 0) is 0 Å². The summed E-state index contributed by atoms with van der Waals surface area (Å²) < 4.78 is 9.07. The van der Waals surface area contributed by atoms with Gasteiger partial charge in [-0.25, -0.2) is 4.79 Å². The van der Waals surface area contributed by atoms with E-state index < -0.39 is 6.16 Å². The summed E-state index contributed by atoms with van der Waals surface area (Å²) >= 11 is 0. The maximum Gasteiger partial charge on any atom is 0.508 e. The first kappa shape index (κ1) is 8.83. The molecule has 0 N–H and O–H groups in total. The molecular formula is C7H11NO4. The van der Waals surface area contributed by atoms with Crippen molar-refractivity contribution >= 4 is 12.1 Å². The van der Waals surface area contributed by atoms with Crippen LogP contribution >= 0.6 is 0 Å². The van der Waals surface area contributed by atoms with Gasteiger partial charge in [0.25, 0.3) is 0 Å². The Kier molecular flexibility index (Phi) is 2.52. The van der Waals surface area contributed by atoms with Gasteiger partial charge in [-0.3, -0.25) is 4.79 Å². The van der Waals surface area contributed by atoms with Crippen molar-refractivity contribution in [1.29, 1.82) is 0 Å². The first-order valence-corrected chi connectivity index (χ1v) is 3.62. The van der Waals surface area contributed by atoms with Crippen molar-refractivity contribution in [3.8, 4) is 0 Å². The highest BCUT2D eigenvalue weighted by Crippen LogP contribution is 2.12. The molecule has 0 aromatic heterocycles. The number of hydrogen-bond donors (Lipinski definition) is 0. The van der Waals surface area contributed by atoms with Gasteiger partial charge in [-0.2, -0.15) is 0 Å². The van der Waals surface area contributed by atoms with Gasteiger partial charge in [0.2, 0.25) is 5.91 Å². The van der Waals surface area contributed by atoms with Crippen LogP contribution in [0.25, 0.3) is 0 Å². The van der Waals surface area contributed by atoms with Crippen LogP contribution in [0.5, 0.6) is 0 Å². The Hall–Kier alpha value is -1.26. The highest BCUT2D eigenvalue weighted by atomic mass is 16.7. The van der Waals surface area contributed by atoms with E-state index in [2.05, 4.69) is 4.74 Å². The molecule has 12 heavy (non-hydrogen) atoms. The number of nitrogens with zero attached hydrogens (tertiary/aromatic N) is 1. The van der Waals surface area contributed by atoms with Crippen molar-refractivity contribution < 1.29 is 19.1 Å². The molecule has 1 heterocycles. The maximum absolute atomic E-state index is 10.9. The van der Waals surface area contributed by atoms with Gasteiger partial charge in [0.1, 0.15) is 6.10 Å². The van der Waals surface area contributed by atoms with Crippen LogP contribution in [0.2, 0.25) is 0 Å². The number of likely N-dealkylation sites (tertiary alicyclic amines) is 1. The molecule has 1 saturated heterocycles. The van der Waals surface area contributed by atoms with Crippen molar-refractivity contribution in [3.63, 3.8) is 0 Å². The smallest absolute Gasteiger partial charge is 0.438 e. The van der Waals surface area contributed by atoms with E-state index in [1.54, 1.807) is 7.05 Å². The SMILES string of the molecule is COC(=O)OC1CC(=O)N(C)C1. The molecule has 0 bridgehead atoms. The van der Waals surface area contributed by atoms with Crippen LogP contribution in [-0.2, 0) is 14.3 Å². The van der Waals surface area contributed by atoms with E-state index >= 15 is 0 Å². The fourth-order valence-corrected chi connectivity index (χ4v) is 1.09. The maximum atomic E-state index is 10.9. The zero-order chi connectivity index (χ0) is 9.14. The normalized spacial score (nSPS) is 22.7. The van der Waals surface area contributed by atoms with E-state index in [1.165, 1.54) is 12.0 Å². The topological polar surface area (TPSA) is 55.8 Å². The molecule has 1 atom stereocenters. The zero-order valence-corrected chi connectivity index (χ0v) is 7.07. The summed E-state index contributed by atoms with van der Waals surface area (Å²) in [5.41, 5.74) is 0. The summed E-state index contributed by atoms with van der Waals surface area (Å²) in [6.45, 7) is 0.452. The molecule has 1 fully saturated rings. The Balaban J connectivity index is 2.37. The van der Waals surface area contributed by atoms with Gasteiger partial charge in [0.05, 0.1) is 20.1 Å². The van der Waals surface area contributed by atoms with Gasteiger partial charge in [-0.15, -0.1) is 0 Å². The molecular weight excluding hydrogens is 162 g/mol. The van der Waals surface area contributed by atoms with Crippen LogP contribution in [0.3, 0.4) is 0 Å². The molecule has 1 rings (SSSR count). The van der Waals surface area contributed by atoms with Gasteiger partial charge in [-0.1, -0.05) is 0 Å². The Bertz CT molecular complexity index is 204. The quantitative estimate of drug-likeness (QED) is 0.524. The van der Waals surface area contributed by atoms with E-state index in [0.29, 0.717) is 6.54 Å². The zero-order valence-electron chi connectivity index (χ0n) is 7.07. The molecule has 1 aliphatic rings. The van der Waals surface area contributed by atoms with Gasteiger partial charge in [0, 0.05) is 7.05 Å². The second kappa shape index (κ2) is 3.42. The molecule has 0 saturated carbocycles. The van der Waals surface area contributed by atoms with Crippen LogP contribution < -0.4 is 0 Å². The molecule has 5 nitrogen and oxygen atoms in total. The van der Waals surface area contributed by atoms with Crippen LogP contribution in [-0.4, -0.2) is 43.8 Å². The van der Waals surface area contributed by atoms with Crippen molar-refractivity contribution in [1.82, 2.24) is 4.90 Å². The van der Waals surface area contributed by atoms with Crippen molar-refractivity contribution in [2.45, 2.75) is 12.5 Å². The minimum Gasteiger partial charge on any atom is -0.438 e. The lowest BCUT2D eigenvalue weighted by atomic mass is 10.3. The number of carbonyl (C=O) groups is 2. The molecule has 1 amide bonds. The Morgan fingerprint density at radius 3 is 2.75 bits per heavy atom. The summed E-state index contributed by atoms with van der Waals surface area (Å²) in [5.74, 6) is -0.0103. The lowest BCUT2D eigenvalue weighted by Gasteiger charge is -2.09. The number of likely N-dealkylation sites (N-methyl/N-ethyl adjacent to an activating group) is 1. The third-order valence-electron chi connectivity index (χ3n) is 1.74. The molecule has 1 unspecified atom stereocenters. The second-order valence-electron chi connectivity index (χ2n) is 2.67. The summed E-state index contributed by atoms with van der Waals surface area (Å²) in [6.07, 6.45) is -0.830. The molecule has 0 aromatic carbocycles. The minimum absolute atomic E-state index is 0.0103. The minimum atomic E-state index is -0.733. The molecule has 5 heteroatoms. The number of amides is 1. The molecule has 1 aliphatic heterocycles. The number of carbonyl (C=O) groups excluding carboxylic acids is 2. The predicted octanol–water partition coefficient (Wildman–Crippen LogP) is 0.0001000. The fourth-order valence-electron chi connectivity index (χ4n) is 1.09. The van der Waals surface area contributed by atoms with Gasteiger partial charge < -0.3 is 14.4 Å². The van der Waals surface area contributed by atoms with Crippen molar-refractivity contribution in [2.24, 2.45) is 0 Å². The summed E-state index contributed by atoms with van der Waals surface area (Å²) in [6, 6.07) is 0. The first-order chi connectivity index (χ1) is 5.63. The third-order valence-corrected chi connectivity index (χ3v) is 1.74.